The van der Waals surface area contributed by atoms with Crippen LogP contribution in [-0.4, -0.2) is 22.7 Å². The first-order valence-corrected chi connectivity index (χ1v) is 8.12. The van der Waals surface area contributed by atoms with E-state index in [1.54, 1.807) is 20.8 Å². The number of carbonyl (C=O) groups excluding carboxylic acids is 2. The van der Waals surface area contributed by atoms with Crippen molar-refractivity contribution in [3.63, 3.8) is 0 Å². The van der Waals surface area contributed by atoms with E-state index in [-0.39, 0.29) is 13.0 Å². The van der Waals surface area contributed by atoms with Gasteiger partial charge in [-0.1, -0.05) is 60.7 Å². The van der Waals surface area contributed by atoms with Crippen molar-refractivity contribution in [1.82, 2.24) is 5.06 Å². The van der Waals surface area contributed by atoms with Crippen molar-refractivity contribution >= 4 is 12.0 Å². The van der Waals surface area contributed by atoms with Crippen molar-refractivity contribution < 1.29 is 19.2 Å². The summed E-state index contributed by atoms with van der Waals surface area (Å²) in [7, 11) is 0. The average Bonchev–Trinajstić information content (AvgIpc) is 2.55. The molecule has 0 spiro atoms. The third kappa shape index (κ3) is 6.39. The Kier molecular flexibility index (Phi) is 6.31. The zero-order chi connectivity index (χ0) is 18.3. The molecule has 0 aromatic heterocycles. The second-order valence-electron chi connectivity index (χ2n) is 6.59. The van der Waals surface area contributed by atoms with Crippen LogP contribution < -0.4 is 0 Å². The third-order valence-electron chi connectivity index (χ3n) is 3.19. The maximum absolute atomic E-state index is 12.6. The van der Waals surface area contributed by atoms with Crippen LogP contribution in [0.4, 0.5) is 4.79 Å². The first kappa shape index (κ1) is 18.7. The highest BCUT2D eigenvalue weighted by atomic mass is 16.7. The van der Waals surface area contributed by atoms with Crippen LogP contribution in [-0.2, 0) is 27.4 Å². The summed E-state index contributed by atoms with van der Waals surface area (Å²) in [5, 5.41) is 0.714. The predicted octanol–water partition coefficient (Wildman–Crippen LogP) is 4.12. The molecule has 0 saturated heterocycles. The molecule has 2 aromatic carbocycles. The molecule has 0 heterocycles. The van der Waals surface area contributed by atoms with Gasteiger partial charge in [0.25, 0.3) is 5.91 Å². The summed E-state index contributed by atoms with van der Waals surface area (Å²) in [6.45, 7) is 5.31. The Morgan fingerprint density at radius 2 is 1.40 bits per heavy atom. The van der Waals surface area contributed by atoms with E-state index in [0.717, 1.165) is 11.1 Å². The summed E-state index contributed by atoms with van der Waals surface area (Å²) in [5.74, 6) is -0.476. The van der Waals surface area contributed by atoms with E-state index < -0.39 is 17.6 Å². The molecule has 2 aromatic rings. The van der Waals surface area contributed by atoms with Gasteiger partial charge in [0.05, 0.1) is 6.42 Å². The molecule has 0 saturated carbocycles. The lowest BCUT2D eigenvalue weighted by molar-refractivity contribution is -0.181. The van der Waals surface area contributed by atoms with Crippen molar-refractivity contribution in [2.24, 2.45) is 0 Å². The zero-order valence-electron chi connectivity index (χ0n) is 14.8. The molecule has 0 aliphatic heterocycles. The fraction of sp³-hybridized carbons (Fsp3) is 0.300. The van der Waals surface area contributed by atoms with E-state index in [1.165, 1.54) is 0 Å². The molecular weight excluding hydrogens is 318 g/mol. The van der Waals surface area contributed by atoms with Gasteiger partial charge >= 0.3 is 6.09 Å². The van der Waals surface area contributed by atoms with E-state index in [2.05, 4.69) is 0 Å². The molecule has 5 heteroatoms. The first-order valence-electron chi connectivity index (χ1n) is 8.12. The van der Waals surface area contributed by atoms with Crippen LogP contribution in [0.15, 0.2) is 60.7 Å². The molecule has 0 bridgehead atoms. The summed E-state index contributed by atoms with van der Waals surface area (Å²) in [6.07, 6.45) is -0.765. The SMILES string of the molecule is CC(C)(C)OC(=O)N(OCc1ccccc1)C(=O)Cc1ccccc1. The Morgan fingerprint density at radius 3 is 1.92 bits per heavy atom. The summed E-state index contributed by atoms with van der Waals surface area (Å²) in [4.78, 5) is 30.4. The summed E-state index contributed by atoms with van der Waals surface area (Å²) < 4.78 is 5.29. The Balaban J connectivity index is 2.10. The molecule has 0 radical (unpaired) electrons. The van der Waals surface area contributed by atoms with Crippen LogP contribution in [0.5, 0.6) is 0 Å². The predicted molar refractivity (Wildman–Crippen MR) is 94.5 cm³/mol. The largest absolute Gasteiger partial charge is 0.442 e. The number of benzene rings is 2. The average molecular weight is 341 g/mol. The lowest BCUT2D eigenvalue weighted by Gasteiger charge is -2.25. The topological polar surface area (TPSA) is 55.8 Å². The number of hydrogen-bond acceptors (Lipinski definition) is 4. The number of carbonyl (C=O) groups is 2. The second kappa shape index (κ2) is 8.44. The van der Waals surface area contributed by atoms with E-state index >= 15 is 0 Å². The van der Waals surface area contributed by atoms with Crippen LogP contribution in [0.1, 0.15) is 31.9 Å². The number of ether oxygens (including phenoxy) is 1. The van der Waals surface area contributed by atoms with Gasteiger partial charge < -0.3 is 4.74 Å². The normalized spacial score (nSPS) is 11.0. The Labute approximate surface area is 148 Å². The van der Waals surface area contributed by atoms with Crippen LogP contribution >= 0.6 is 0 Å². The molecule has 2 rings (SSSR count). The molecule has 0 fully saturated rings. The highest BCUT2D eigenvalue weighted by Gasteiger charge is 2.28. The lowest BCUT2D eigenvalue weighted by atomic mass is 10.1. The third-order valence-corrected chi connectivity index (χ3v) is 3.19. The van der Waals surface area contributed by atoms with Gasteiger partial charge in [0.15, 0.2) is 0 Å². The molecule has 0 aliphatic rings. The van der Waals surface area contributed by atoms with Gasteiger partial charge in [0.2, 0.25) is 0 Å². The summed E-state index contributed by atoms with van der Waals surface area (Å²) >= 11 is 0. The monoisotopic (exact) mass is 341 g/mol. The number of amides is 2. The molecule has 0 aliphatic carbocycles. The van der Waals surface area contributed by atoms with E-state index in [9.17, 15) is 9.59 Å². The maximum atomic E-state index is 12.6. The Morgan fingerprint density at radius 1 is 0.880 bits per heavy atom. The van der Waals surface area contributed by atoms with E-state index in [1.807, 2.05) is 60.7 Å². The van der Waals surface area contributed by atoms with Gasteiger partial charge in [-0.05, 0) is 31.9 Å². The Bertz CT molecular complexity index is 693. The van der Waals surface area contributed by atoms with Crippen molar-refractivity contribution in [2.45, 2.75) is 39.4 Å². The standard InChI is InChI=1S/C20H23NO4/c1-20(2,3)25-19(23)21(24-15-17-12-8-5-9-13-17)18(22)14-16-10-6-4-7-11-16/h4-13H,14-15H2,1-3H3. The summed E-state index contributed by atoms with van der Waals surface area (Å²) in [6, 6.07) is 18.5. The molecule has 0 atom stereocenters. The van der Waals surface area contributed by atoms with Crippen molar-refractivity contribution in [2.75, 3.05) is 0 Å². The van der Waals surface area contributed by atoms with Crippen LogP contribution in [0.3, 0.4) is 0 Å². The van der Waals surface area contributed by atoms with Crippen molar-refractivity contribution in [1.29, 1.82) is 0 Å². The quantitative estimate of drug-likeness (QED) is 0.768. The lowest BCUT2D eigenvalue weighted by Crippen LogP contribution is -2.41. The minimum Gasteiger partial charge on any atom is -0.442 e. The van der Waals surface area contributed by atoms with Gasteiger partial charge in [0.1, 0.15) is 12.2 Å². The number of imide groups is 1. The molecular formula is C20H23NO4. The minimum atomic E-state index is -0.815. The van der Waals surface area contributed by atoms with E-state index in [0.29, 0.717) is 5.06 Å². The second-order valence-corrected chi connectivity index (χ2v) is 6.59. The first-order chi connectivity index (χ1) is 11.8. The smallest absolute Gasteiger partial charge is 0.442 e. The molecule has 25 heavy (non-hydrogen) atoms. The molecule has 132 valence electrons. The van der Waals surface area contributed by atoms with Crippen LogP contribution in [0.2, 0.25) is 0 Å². The fourth-order valence-corrected chi connectivity index (χ4v) is 2.09. The van der Waals surface area contributed by atoms with Crippen LogP contribution in [0, 0.1) is 0 Å². The molecule has 2 amide bonds. The summed E-state index contributed by atoms with van der Waals surface area (Å²) in [5.41, 5.74) is 0.922. The van der Waals surface area contributed by atoms with Gasteiger partial charge in [-0.3, -0.25) is 9.63 Å². The Hall–Kier alpha value is -2.66. The van der Waals surface area contributed by atoms with Gasteiger partial charge in [-0.2, -0.15) is 0 Å². The number of nitrogens with zero attached hydrogens (tertiary/aromatic N) is 1. The maximum Gasteiger partial charge on any atom is 0.442 e. The molecule has 0 N–H and O–H groups in total. The highest BCUT2D eigenvalue weighted by Crippen LogP contribution is 2.13. The molecule has 5 nitrogen and oxygen atoms in total. The number of hydroxylamine groups is 2. The minimum absolute atomic E-state index is 0.0505. The number of rotatable bonds is 5. The van der Waals surface area contributed by atoms with Crippen molar-refractivity contribution in [3.05, 3.63) is 71.8 Å². The fourth-order valence-electron chi connectivity index (χ4n) is 2.09. The van der Waals surface area contributed by atoms with E-state index in [4.69, 9.17) is 9.57 Å². The van der Waals surface area contributed by atoms with Crippen LogP contribution in [0.25, 0.3) is 0 Å². The zero-order valence-corrected chi connectivity index (χ0v) is 14.8. The van der Waals surface area contributed by atoms with Gasteiger partial charge in [-0.25, -0.2) is 4.79 Å². The van der Waals surface area contributed by atoms with Gasteiger partial charge in [0, 0.05) is 0 Å². The van der Waals surface area contributed by atoms with Crippen molar-refractivity contribution in [3.8, 4) is 0 Å². The number of hydrogen-bond donors (Lipinski definition) is 0. The highest BCUT2D eigenvalue weighted by molar-refractivity contribution is 5.91. The van der Waals surface area contributed by atoms with Gasteiger partial charge in [-0.15, -0.1) is 5.06 Å². The molecule has 0 unspecified atom stereocenters.